The highest BCUT2D eigenvalue weighted by molar-refractivity contribution is 7.89. The van der Waals surface area contributed by atoms with E-state index >= 15 is 0 Å². The maximum Gasteiger partial charge on any atom is 0.259 e. The quantitative estimate of drug-likeness (QED) is 0.309. The molecule has 1 saturated heterocycles. The third-order valence-corrected chi connectivity index (χ3v) is 9.75. The first-order valence-corrected chi connectivity index (χ1v) is 15.7. The average Bonchev–Trinajstić information content (AvgIpc) is 3.51. The SMILES string of the molecule is Cc1cn2cc(NC(=O)c3ccc(N4CCC(NC5CC5)CC4)c4cn(C)nc34)nc2c(CCS(=O)(=O)N(C)C)n1. The fourth-order valence-corrected chi connectivity index (χ4v) is 6.37. The van der Waals surface area contributed by atoms with Crippen molar-refractivity contribution in [1.29, 1.82) is 0 Å². The van der Waals surface area contributed by atoms with Crippen LogP contribution in [0.25, 0.3) is 16.6 Å². The summed E-state index contributed by atoms with van der Waals surface area (Å²) < 4.78 is 29.4. The third kappa shape index (κ3) is 5.79. The molecule has 0 atom stereocenters. The Morgan fingerprint density at radius 3 is 2.49 bits per heavy atom. The molecule has 2 aliphatic rings. The largest absolute Gasteiger partial charge is 0.371 e. The molecule has 2 fully saturated rings. The van der Waals surface area contributed by atoms with Gasteiger partial charge < -0.3 is 19.9 Å². The second-order valence-electron chi connectivity index (χ2n) is 11.4. The van der Waals surface area contributed by atoms with Gasteiger partial charge in [0.2, 0.25) is 10.0 Å². The minimum Gasteiger partial charge on any atom is -0.371 e. The van der Waals surface area contributed by atoms with Crippen LogP contribution in [0.4, 0.5) is 11.5 Å². The van der Waals surface area contributed by atoms with E-state index in [1.165, 1.54) is 31.2 Å². The number of hydrogen-bond donors (Lipinski definition) is 2. The van der Waals surface area contributed by atoms with Crippen LogP contribution in [0.3, 0.4) is 0 Å². The molecule has 1 aliphatic heterocycles. The van der Waals surface area contributed by atoms with Gasteiger partial charge in [-0.05, 0) is 44.7 Å². The lowest BCUT2D eigenvalue weighted by atomic mass is 10.0. The van der Waals surface area contributed by atoms with Crippen molar-refractivity contribution in [2.45, 2.75) is 51.1 Å². The summed E-state index contributed by atoms with van der Waals surface area (Å²) in [6.07, 6.45) is 10.5. The summed E-state index contributed by atoms with van der Waals surface area (Å²) in [5.74, 6) is -0.0331. The lowest BCUT2D eigenvalue weighted by Gasteiger charge is -2.34. The van der Waals surface area contributed by atoms with Gasteiger partial charge in [0.25, 0.3) is 5.91 Å². The topological polar surface area (TPSA) is 130 Å². The summed E-state index contributed by atoms with van der Waals surface area (Å²) in [5, 5.41) is 12.3. The summed E-state index contributed by atoms with van der Waals surface area (Å²) >= 11 is 0. The van der Waals surface area contributed by atoms with Gasteiger partial charge in [-0.1, -0.05) is 0 Å². The molecule has 2 N–H and O–H groups in total. The highest BCUT2D eigenvalue weighted by Gasteiger charge is 2.28. The standard InChI is InChI=1S/C28H37N9O3S/c1-18-15-37-17-25(31-27(37)23(29-18)11-14-41(39,40)34(2)3)32-28(38)21-7-8-24(22-16-35(4)33-26(21)22)36-12-9-20(10-13-36)30-19-5-6-19/h7-8,15-17,19-20,30H,5-6,9-14H2,1-4H3,(H,32,38). The average molecular weight is 580 g/mol. The minimum absolute atomic E-state index is 0.0840. The minimum atomic E-state index is -3.39. The van der Waals surface area contributed by atoms with Crippen LogP contribution in [-0.4, -0.2) is 87.8 Å². The van der Waals surface area contributed by atoms with Crippen LogP contribution in [0.2, 0.25) is 0 Å². The highest BCUT2D eigenvalue weighted by Crippen LogP contribution is 2.32. The monoisotopic (exact) mass is 579 g/mol. The smallest absolute Gasteiger partial charge is 0.259 e. The van der Waals surface area contributed by atoms with Gasteiger partial charge in [0, 0.05) is 76.2 Å². The van der Waals surface area contributed by atoms with E-state index < -0.39 is 10.0 Å². The molecule has 1 aromatic carbocycles. The van der Waals surface area contributed by atoms with Gasteiger partial charge in [-0.15, -0.1) is 0 Å². The molecule has 4 heterocycles. The molecule has 0 radical (unpaired) electrons. The number of amides is 1. The summed E-state index contributed by atoms with van der Waals surface area (Å²) in [5.41, 5.74) is 4.01. The van der Waals surface area contributed by atoms with E-state index in [4.69, 9.17) is 0 Å². The Kier molecular flexibility index (Phi) is 7.20. The molecule has 0 unspecified atom stereocenters. The van der Waals surface area contributed by atoms with Crippen molar-refractivity contribution in [2.24, 2.45) is 7.05 Å². The molecule has 4 aromatic rings. The number of fused-ring (bicyclic) bond motifs is 2. The lowest BCUT2D eigenvalue weighted by Crippen LogP contribution is -2.43. The van der Waals surface area contributed by atoms with Crippen molar-refractivity contribution in [3.8, 4) is 0 Å². The number of anilines is 2. The molecule has 1 saturated carbocycles. The molecule has 0 bridgehead atoms. The zero-order valence-corrected chi connectivity index (χ0v) is 24.8. The number of benzene rings is 1. The van der Waals surface area contributed by atoms with E-state index in [9.17, 15) is 13.2 Å². The molecule has 41 heavy (non-hydrogen) atoms. The maximum atomic E-state index is 13.5. The predicted octanol–water partition coefficient (Wildman–Crippen LogP) is 2.33. The van der Waals surface area contributed by atoms with Gasteiger partial charge in [-0.25, -0.2) is 17.7 Å². The van der Waals surface area contributed by atoms with E-state index in [2.05, 4.69) is 30.6 Å². The van der Waals surface area contributed by atoms with Gasteiger partial charge in [0.05, 0.1) is 28.9 Å². The Labute approximate surface area is 239 Å². The van der Waals surface area contributed by atoms with Crippen LogP contribution in [-0.2, 0) is 23.5 Å². The number of sulfonamides is 1. The fourth-order valence-electron chi connectivity index (χ4n) is 5.55. The Hall–Kier alpha value is -3.55. The van der Waals surface area contributed by atoms with Crippen molar-refractivity contribution in [3.63, 3.8) is 0 Å². The number of aryl methyl sites for hydroxylation is 3. The first-order chi connectivity index (χ1) is 19.6. The van der Waals surface area contributed by atoms with Crippen molar-refractivity contribution in [3.05, 3.63) is 47.7 Å². The number of imidazole rings is 1. The molecule has 3 aromatic heterocycles. The van der Waals surface area contributed by atoms with E-state index in [0.29, 0.717) is 40.3 Å². The molecular weight excluding hydrogens is 542 g/mol. The Morgan fingerprint density at radius 2 is 1.78 bits per heavy atom. The van der Waals surface area contributed by atoms with Crippen molar-refractivity contribution in [2.75, 3.05) is 43.2 Å². The van der Waals surface area contributed by atoms with Gasteiger partial charge in [-0.3, -0.25) is 14.5 Å². The van der Waals surface area contributed by atoms with E-state index in [1.807, 2.05) is 32.3 Å². The summed E-state index contributed by atoms with van der Waals surface area (Å²) in [7, 11) is 1.50. The number of piperidine rings is 1. The number of nitrogens with one attached hydrogen (secondary N) is 2. The van der Waals surface area contributed by atoms with Crippen molar-refractivity contribution in [1.82, 2.24) is 33.8 Å². The zero-order valence-electron chi connectivity index (χ0n) is 24.0. The van der Waals surface area contributed by atoms with Crippen molar-refractivity contribution >= 4 is 44.0 Å². The van der Waals surface area contributed by atoms with Gasteiger partial charge >= 0.3 is 0 Å². The number of hydrogen-bond acceptors (Lipinski definition) is 8. The number of nitrogens with zero attached hydrogens (tertiary/aromatic N) is 7. The molecule has 218 valence electrons. The lowest BCUT2D eigenvalue weighted by molar-refractivity contribution is 0.102. The van der Waals surface area contributed by atoms with E-state index in [-0.39, 0.29) is 18.1 Å². The fraction of sp³-hybridized carbons (Fsp3) is 0.500. The van der Waals surface area contributed by atoms with Crippen LogP contribution in [0.1, 0.15) is 47.4 Å². The van der Waals surface area contributed by atoms with Crippen LogP contribution in [0, 0.1) is 6.92 Å². The zero-order chi connectivity index (χ0) is 28.9. The number of rotatable bonds is 9. The number of aromatic nitrogens is 5. The summed E-state index contributed by atoms with van der Waals surface area (Å²) in [4.78, 5) is 25.0. The first-order valence-electron chi connectivity index (χ1n) is 14.1. The molecular formula is C28H37N9O3S. The maximum absolute atomic E-state index is 13.5. The molecule has 13 heteroatoms. The predicted molar refractivity (Wildman–Crippen MR) is 159 cm³/mol. The number of carbonyl (C=O) groups is 1. The highest BCUT2D eigenvalue weighted by atomic mass is 32.2. The Morgan fingerprint density at radius 1 is 1.05 bits per heavy atom. The van der Waals surface area contributed by atoms with Crippen molar-refractivity contribution < 1.29 is 13.2 Å². The second kappa shape index (κ2) is 10.7. The van der Waals surface area contributed by atoms with Crippen LogP contribution >= 0.6 is 0 Å². The second-order valence-corrected chi connectivity index (χ2v) is 13.7. The molecule has 0 spiro atoms. The van der Waals surface area contributed by atoms with E-state index in [1.54, 1.807) is 21.5 Å². The van der Waals surface area contributed by atoms with Gasteiger partial charge in [0.15, 0.2) is 11.5 Å². The Bertz CT molecular complexity index is 1710. The molecule has 1 amide bonds. The third-order valence-electron chi connectivity index (χ3n) is 7.92. The van der Waals surface area contributed by atoms with Gasteiger partial charge in [-0.2, -0.15) is 5.10 Å². The molecule has 1 aliphatic carbocycles. The normalized spacial score (nSPS) is 16.8. The molecule has 12 nitrogen and oxygen atoms in total. The molecule has 6 rings (SSSR count). The van der Waals surface area contributed by atoms with Gasteiger partial charge in [0.1, 0.15) is 5.52 Å². The van der Waals surface area contributed by atoms with E-state index in [0.717, 1.165) is 42.7 Å². The summed E-state index contributed by atoms with van der Waals surface area (Å²) in [6, 6.07) is 5.16. The van der Waals surface area contributed by atoms with Crippen LogP contribution in [0.15, 0.2) is 30.7 Å². The van der Waals surface area contributed by atoms with Crippen LogP contribution < -0.4 is 15.5 Å². The van der Waals surface area contributed by atoms with Crippen LogP contribution in [0.5, 0.6) is 0 Å². The Balaban J connectivity index is 1.22. The summed E-state index contributed by atoms with van der Waals surface area (Å²) in [6.45, 7) is 3.77. The number of carbonyl (C=O) groups excluding carboxylic acids is 1. The first kappa shape index (κ1) is 27.6.